The molecule has 1 aliphatic carbocycles. The molecule has 0 bridgehead atoms. The van der Waals surface area contributed by atoms with Crippen molar-refractivity contribution in [3.63, 3.8) is 0 Å². The van der Waals surface area contributed by atoms with Crippen molar-refractivity contribution >= 4 is 0 Å². The van der Waals surface area contributed by atoms with E-state index in [-0.39, 0.29) is 0 Å². The van der Waals surface area contributed by atoms with Gasteiger partial charge in [0, 0.05) is 6.42 Å². The van der Waals surface area contributed by atoms with Crippen LogP contribution in [0.4, 0.5) is 0 Å². The maximum atomic E-state index is 5.71. The van der Waals surface area contributed by atoms with E-state index in [1.165, 1.54) is 11.1 Å². The lowest BCUT2D eigenvalue weighted by Crippen LogP contribution is -2.19. The standard InChI is InChI=1S/C15H19N3O/c1-2-10(9-16)7-14-17-15(18-19-14)13-8-11-5-3-4-6-12(11)13/h3-6,10,13H,2,7-9,16H2,1H3. The monoisotopic (exact) mass is 257 g/mol. The van der Waals surface area contributed by atoms with Crippen LogP contribution < -0.4 is 5.73 Å². The second kappa shape index (κ2) is 5.13. The van der Waals surface area contributed by atoms with Crippen molar-refractivity contribution in [3.05, 3.63) is 47.1 Å². The van der Waals surface area contributed by atoms with Crippen LogP contribution >= 0.6 is 0 Å². The zero-order chi connectivity index (χ0) is 13.2. The van der Waals surface area contributed by atoms with E-state index in [4.69, 9.17) is 10.3 Å². The van der Waals surface area contributed by atoms with E-state index in [0.29, 0.717) is 18.4 Å². The van der Waals surface area contributed by atoms with E-state index in [1.54, 1.807) is 0 Å². The number of hydrogen-bond acceptors (Lipinski definition) is 4. The Morgan fingerprint density at radius 1 is 1.42 bits per heavy atom. The van der Waals surface area contributed by atoms with Gasteiger partial charge in [0.25, 0.3) is 0 Å². The Kier molecular flexibility index (Phi) is 3.34. The normalized spacial score (nSPS) is 18.7. The van der Waals surface area contributed by atoms with E-state index in [0.717, 1.165) is 31.0 Å². The molecular weight excluding hydrogens is 238 g/mol. The molecule has 1 aromatic heterocycles. The molecular formula is C15H19N3O. The van der Waals surface area contributed by atoms with E-state index in [9.17, 15) is 0 Å². The molecule has 1 aliphatic rings. The number of fused-ring (bicyclic) bond motifs is 1. The quantitative estimate of drug-likeness (QED) is 0.892. The highest BCUT2D eigenvalue weighted by molar-refractivity contribution is 5.43. The summed E-state index contributed by atoms with van der Waals surface area (Å²) in [6.45, 7) is 2.80. The predicted octanol–water partition coefficient (Wildman–Crippen LogP) is 2.29. The predicted molar refractivity (Wildman–Crippen MR) is 72.8 cm³/mol. The lowest BCUT2D eigenvalue weighted by molar-refractivity contribution is 0.345. The highest BCUT2D eigenvalue weighted by Gasteiger charge is 2.31. The fourth-order valence-electron chi connectivity index (χ4n) is 2.62. The first kappa shape index (κ1) is 12.4. The minimum Gasteiger partial charge on any atom is -0.339 e. The lowest BCUT2D eigenvalue weighted by Gasteiger charge is -2.27. The van der Waals surface area contributed by atoms with Crippen LogP contribution in [0.2, 0.25) is 0 Å². The summed E-state index contributed by atoms with van der Waals surface area (Å²) in [6, 6.07) is 8.44. The second-order valence-electron chi connectivity index (χ2n) is 5.22. The molecule has 0 aliphatic heterocycles. The Bertz CT molecular complexity index is 560. The Balaban J connectivity index is 1.73. The van der Waals surface area contributed by atoms with Crippen molar-refractivity contribution in [1.29, 1.82) is 0 Å². The fourth-order valence-corrected chi connectivity index (χ4v) is 2.62. The van der Waals surface area contributed by atoms with Crippen LogP contribution in [-0.4, -0.2) is 16.7 Å². The van der Waals surface area contributed by atoms with Gasteiger partial charge in [0.15, 0.2) is 5.82 Å². The van der Waals surface area contributed by atoms with Crippen LogP contribution in [0.5, 0.6) is 0 Å². The van der Waals surface area contributed by atoms with Crippen molar-refractivity contribution in [2.45, 2.75) is 32.1 Å². The van der Waals surface area contributed by atoms with Gasteiger partial charge in [0.1, 0.15) is 0 Å². The third-order valence-electron chi connectivity index (χ3n) is 4.02. The molecule has 0 saturated carbocycles. The molecule has 0 saturated heterocycles. The maximum absolute atomic E-state index is 5.71. The number of nitrogens with two attached hydrogens (primary N) is 1. The van der Waals surface area contributed by atoms with Crippen LogP contribution in [0.3, 0.4) is 0 Å². The average molecular weight is 257 g/mol. The first-order chi connectivity index (χ1) is 9.31. The van der Waals surface area contributed by atoms with Gasteiger partial charge in [-0.1, -0.05) is 42.8 Å². The smallest absolute Gasteiger partial charge is 0.226 e. The highest BCUT2D eigenvalue weighted by Crippen LogP contribution is 2.38. The van der Waals surface area contributed by atoms with Gasteiger partial charge in [-0.25, -0.2) is 0 Å². The summed E-state index contributed by atoms with van der Waals surface area (Å²) >= 11 is 0. The molecule has 0 amide bonds. The minimum absolute atomic E-state index is 0.312. The van der Waals surface area contributed by atoms with Gasteiger partial charge in [-0.2, -0.15) is 4.98 Å². The number of nitrogens with zero attached hydrogens (tertiary/aromatic N) is 2. The van der Waals surface area contributed by atoms with E-state index >= 15 is 0 Å². The fraction of sp³-hybridized carbons (Fsp3) is 0.467. The second-order valence-corrected chi connectivity index (χ2v) is 5.22. The van der Waals surface area contributed by atoms with Crippen LogP contribution in [0.25, 0.3) is 0 Å². The van der Waals surface area contributed by atoms with Crippen molar-refractivity contribution in [1.82, 2.24) is 10.1 Å². The van der Waals surface area contributed by atoms with Crippen molar-refractivity contribution in [3.8, 4) is 0 Å². The summed E-state index contributed by atoms with van der Waals surface area (Å²) < 4.78 is 5.35. The summed E-state index contributed by atoms with van der Waals surface area (Å²) in [4.78, 5) is 4.53. The zero-order valence-electron chi connectivity index (χ0n) is 11.2. The first-order valence-electron chi connectivity index (χ1n) is 6.92. The summed E-state index contributed by atoms with van der Waals surface area (Å²) in [5.41, 5.74) is 8.44. The van der Waals surface area contributed by atoms with Gasteiger partial charge in [-0.3, -0.25) is 0 Å². The van der Waals surface area contributed by atoms with Gasteiger partial charge < -0.3 is 10.3 Å². The molecule has 2 aromatic rings. The molecule has 0 fully saturated rings. The highest BCUT2D eigenvalue weighted by atomic mass is 16.5. The van der Waals surface area contributed by atoms with Crippen molar-refractivity contribution in [2.24, 2.45) is 11.7 Å². The van der Waals surface area contributed by atoms with Crippen LogP contribution in [0.1, 0.15) is 42.1 Å². The molecule has 1 aromatic carbocycles. The van der Waals surface area contributed by atoms with Crippen LogP contribution in [0.15, 0.2) is 28.8 Å². The van der Waals surface area contributed by atoms with Gasteiger partial charge in [-0.05, 0) is 30.0 Å². The van der Waals surface area contributed by atoms with Crippen molar-refractivity contribution in [2.75, 3.05) is 6.54 Å². The zero-order valence-corrected chi connectivity index (χ0v) is 11.2. The van der Waals surface area contributed by atoms with Gasteiger partial charge in [-0.15, -0.1) is 0 Å². The number of benzene rings is 1. The molecule has 3 rings (SSSR count). The molecule has 4 heteroatoms. The van der Waals surface area contributed by atoms with Gasteiger partial charge in [0.05, 0.1) is 5.92 Å². The number of aromatic nitrogens is 2. The molecule has 0 radical (unpaired) electrons. The molecule has 2 unspecified atom stereocenters. The summed E-state index contributed by atoms with van der Waals surface area (Å²) in [6.07, 6.45) is 2.85. The van der Waals surface area contributed by atoms with Crippen LogP contribution in [0, 0.1) is 5.92 Å². The maximum Gasteiger partial charge on any atom is 0.226 e. The number of hydrogen-bond donors (Lipinski definition) is 1. The number of rotatable bonds is 5. The Morgan fingerprint density at radius 2 is 2.26 bits per heavy atom. The third kappa shape index (κ3) is 2.28. The lowest BCUT2D eigenvalue weighted by atomic mass is 9.77. The van der Waals surface area contributed by atoms with E-state index in [1.807, 2.05) is 0 Å². The topological polar surface area (TPSA) is 64.9 Å². The van der Waals surface area contributed by atoms with E-state index < -0.39 is 0 Å². The molecule has 100 valence electrons. The largest absolute Gasteiger partial charge is 0.339 e. The molecule has 2 N–H and O–H groups in total. The summed E-state index contributed by atoms with van der Waals surface area (Å²) in [5.74, 6) is 2.28. The Labute approximate surface area is 113 Å². The first-order valence-corrected chi connectivity index (χ1v) is 6.92. The van der Waals surface area contributed by atoms with Crippen LogP contribution in [-0.2, 0) is 12.8 Å². The Hall–Kier alpha value is -1.68. The van der Waals surface area contributed by atoms with E-state index in [2.05, 4.69) is 41.3 Å². The molecule has 2 atom stereocenters. The van der Waals surface area contributed by atoms with Gasteiger partial charge in [0.2, 0.25) is 5.89 Å². The molecule has 0 spiro atoms. The molecule has 4 nitrogen and oxygen atoms in total. The summed E-state index contributed by atoms with van der Waals surface area (Å²) in [5, 5.41) is 4.13. The summed E-state index contributed by atoms with van der Waals surface area (Å²) in [7, 11) is 0. The van der Waals surface area contributed by atoms with Gasteiger partial charge >= 0.3 is 0 Å². The Morgan fingerprint density at radius 3 is 3.00 bits per heavy atom. The molecule has 1 heterocycles. The third-order valence-corrected chi connectivity index (χ3v) is 4.02. The average Bonchev–Trinajstić information content (AvgIpc) is 2.85. The van der Waals surface area contributed by atoms with Crippen molar-refractivity contribution < 1.29 is 4.52 Å². The minimum atomic E-state index is 0.312. The SMILES string of the molecule is CCC(CN)Cc1nc(C2Cc3ccccc32)no1. The molecule has 19 heavy (non-hydrogen) atoms.